The summed E-state index contributed by atoms with van der Waals surface area (Å²) in [6, 6.07) is 18.5. The van der Waals surface area contributed by atoms with Crippen LogP contribution in [0, 0.1) is 0 Å². The van der Waals surface area contributed by atoms with Crippen LogP contribution in [0.3, 0.4) is 0 Å². The zero-order valence-corrected chi connectivity index (χ0v) is 23.7. The van der Waals surface area contributed by atoms with E-state index in [0.717, 1.165) is 15.7 Å². The molecule has 0 saturated heterocycles. The predicted molar refractivity (Wildman–Crippen MR) is 150 cm³/mol. The number of hydrogen-bond acceptors (Lipinski definition) is 8. The highest BCUT2D eigenvalue weighted by atomic mass is 79.9. The van der Waals surface area contributed by atoms with E-state index < -0.39 is 0 Å². The molecule has 0 aliphatic rings. The number of para-hydroxylation sites is 1. The minimum atomic E-state index is -0.343. The van der Waals surface area contributed by atoms with Gasteiger partial charge in [-0.15, -0.1) is 10.2 Å². The molecule has 1 amide bonds. The van der Waals surface area contributed by atoms with Gasteiger partial charge in [-0.05, 0) is 58.4 Å². The van der Waals surface area contributed by atoms with Gasteiger partial charge in [0.15, 0.2) is 22.5 Å². The first-order valence-corrected chi connectivity index (χ1v) is 13.3. The number of phenols is 1. The fourth-order valence-electron chi connectivity index (χ4n) is 3.36. The van der Waals surface area contributed by atoms with Crippen LogP contribution in [0.2, 0.25) is 0 Å². The van der Waals surface area contributed by atoms with E-state index in [9.17, 15) is 9.90 Å². The summed E-state index contributed by atoms with van der Waals surface area (Å²) in [4.78, 5) is 12.5. The zero-order valence-electron chi connectivity index (χ0n) is 19.7. The number of nitrogens with zero attached hydrogens (tertiary/aromatic N) is 4. The third kappa shape index (κ3) is 6.32. The lowest BCUT2D eigenvalue weighted by atomic mass is 10.2. The molecule has 4 rings (SSSR count). The second-order valence-corrected chi connectivity index (χ2v) is 10.2. The number of ether oxygens (including phenoxy) is 2. The Hall–Kier alpha value is -3.35. The van der Waals surface area contributed by atoms with Crippen LogP contribution in [0.25, 0.3) is 17.1 Å². The number of hydrazone groups is 1. The molecule has 190 valence electrons. The monoisotopic (exact) mass is 645 g/mol. The number of amides is 1. The van der Waals surface area contributed by atoms with Gasteiger partial charge in [0.25, 0.3) is 5.91 Å². The van der Waals surface area contributed by atoms with Crippen LogP contribution in [0.15, 0.2) is 79.9 Å². The van der Waals surface area contributed by atoms with Crippen molar-refractivity contribution in [1.29, 1.82) is 0 Å². The van der Waals surface area contributed by atoms with Gasteiger partial charge in [0.2, 0.25) is 0 Å². The van der Waals surface area contributed by atoms with E-state index in [1.54, 1.807) is 32.4 Å². The van der Waals surface area contributed by atoms with Gasteiger partial charge in [-0.25, -0.2) is 5.43 Å². The Morgan fingerprint density at radius 2 is 1.84 bits per heavy atom. The third-order valence-electron chi connectivity index (χ3n) is 5.07. The normalized spacial score (nSPS) is 11.0. The molecule has 0 saturated carbocycles. The smallest absolute Gasteiger partial charge is 0.250 e. The lowest BCUT2D eigenvalue weighted by Crippen LogP contribution is -2.20. The summed E-state index contributed by atoms with van der Waals surface area (Å²) in [7, 11) is 3.15. The van der Waals surface area contributed by atoms with Crippen molar-refractivity contribution in [2.45, 2.75) is 5.16 Å². The molecule has 0 atom stereocenters. The fraction of sp³-hybridized carbons (Fsp3) is 0.120. The first kappa shape index (κ1) is 26.7. The Bertz CT molecular complexity index is 1450. The fourth-order valence-corrected chi connectivity index (χ4v) is 5.36. The second-order valence-electron chi connectivity index (χ2n) is 7.45. The molecule has 37 heavy (non-hydrogen) atoms. The lowest BCUT2D eigenvalue weighted by molar-refractivity contribution is -0.118. The van der Waals surface area contributed by atoms with Gasteiger partial charge in [-0.1, -0.05) is 45.9 Å². The van der Waals surface area contributed by atoms with E-state index in [1.807, 2.05) is 47.0 Å². The Labute approximate surface area is 234 Å². The molecule has 0 radical (unpaired) electrons. The number of rotatable bonds is 9. The number of methoxy groups -OCH3 is 2. The number of carbonyl (C=O) groups is 1. The largest absolute Gasteiger partial charge is 0.506 e. The van der Waals surface area contributed by atoms with Crippen molar-refractivity contribution in [2.24, 2.45) is 5.10 Å². The summed E-state index contributed by atoms with van der Waals surface area (Å²) in [6.45, 7) is 0. The molecule has 0 bridgehead atoms. The van der Waals surface area contributed by atoms with Gasteiger partial charge in [-0.2, -0.15) is 5.10 Å². The van der Waals surface area contributed by atoms with E-state index >= 15 is 0 Å². The topological polar surface area (TPSA) is 111 Å². The van der Waals surface area contributed by atoms with Gasteiger partial charge in [0.1, 0.15) is 5.75 Å². The average Bonchev–Trinajstić information content (AvgIpc) is 3.34. The summed E-state index contributed by atoms with van der Waals surface area (Å²) in [5.74, 6) is 1.48. The van der Waals surface area contributed by atoms with Gasteiger partial charge in [0, 0.05) is 21.3 Å². The lowest BCUT2D eigenvalue weighted by Gasteiger charge is -2.12. The van der Waals surface area contributed by atoms with Crippen molar-refractivity contribution >= 4 is 55.7 Å². The van der Waals surface area contributed by atoms with Crippen molar-refractivity contribution in [2.75, 3.05) is 20.0 Å². The molecule has 0 unspecified atom stereocenters. The average molecular weight is 647 g/mol. The van der Waals surface area contributed by atoms with Gasteiger partial charge in [0.05, 0.1) is 30.7 Å². The first-order valence-electron chi connectivity index (χ1n) is 10.8. The Kier molecular flexibility index (Phi) is 8.85. The molecule has 0 aliphatic heterocycles. The van der Waals surface area contributed by atoms with E-state index in [0.29, 0.717) is 32.5 Å². The molecule has 12 heteroatoms. The van der Waals surface area contributed by atoms with Crippen LogP contribution in [-0.2, 0) is 4.79 Å². The summed E-state index contributed by atoms with van der Waals surface area (Å²) >= 11 is 7.84. The van der Waals surface area contributed by atoms with Crippen LogP contribution in [0.5, 0.6) is 17.2 Å². The Morgan fingerprint density at radius 1 is 1.08 bits per heavy atom. The molecule has 1 heterocycles. The zero-order chi connectivity index (χ0) is 26.4. The van der Waals surface area contributed by atoms with Crippen LogP contribution in [-0.4, -0.2) is 52.0 Å². The molecular formula is C25H21Br2N5O4S. The molecule has 9 nitrogen and oxygen atoms in total. The summed E-state index contributed by atoms with van der Waals surface area (Å²) in [5, 5.41) is 23.4. The predicted octanol–water partition coefficient (Wildman–Crippen LogP) is 5.42. The molecule has 3 aromatic carbocycles. The maximum atomic E-state index is 12.5. The van der Waals surface area contributed by atoms with E-state index in [1.165, 1.54) is 18.0 Å². The number of halogens is 2. The quantitative estimate of drug-likeness (QED) is 0.142. The number of thioether (sulfide) groups is 1. The van der Waals surface area contributed by atoms with E-state index in [2.05, 4.69) is 52.6 Å². The van der Waals surface area contributed by atoms with Crippen LogP contribution < -0.4 is 14.9 Å². The molecular weight excluding hydrogens is 626 g/mol. The minimum Gasteiger partial charge on any atom is -0.506 e. The maximum Gasteiger partial charge on any atom is 0.250 e. The summed E-state index contributed by atoms with van der Waals surface area (Å²) in [5.41, 5.74) is 4.53. The van der Waals surface area contributed by atoms with Gasteiger partial charge < -0.3 is 14.6 Å². The van der Waals surface area contributed by atoms with E-state index in [4.69, 9.17) is 9.47 Å². The second kappa shape index (κ2) is 12.3. The first-order chi connectivity index (χ1) is 17.9. The minimum absolute atomic E-state index is 0.0224. The third-order valence-corrected chi connectivity index (χ3v) is 7.06. The number of phenolic OH excluding ortho intramolecular Hbond substituents is 1. The van der Waals surface area contributed by atoms with Crippen LogP contribution >= 0.6 is 43.6 Å². The highest BCUT2D eigenvalue weighted by molar-refractivity contribution is 9.11. The number of carbonyl (C=O) groups excluding carboxylic acids is 1. The van der Waals surface area contributed by atoms with Crippen molar-refractivity contribution < 1.29 is 19.4 Å². The molecule has 0 aliphatic carbocycles. The number of benzene rings is 3. The van der Waals surface area contributed by atoms with E-state index in [-0.39, 0.29) is 17.4 Å². The molecule has 1 aromatic heterocycles. The Morgan fingerprint density at radius 3 is 2.57 bits per heavy atom. The molecule has 0 fully saturated rings. The highest BCUT2D eigenvalue weighted by Gasteiger charge is 2.19. The standard InChI is InChI=1S/C25H21Br2N5O4S/c1-35-20-9-8-15(11-21(20)36-2)24-30-31-25(32(24)18-6-4-3-5-7-18)37-14-22(33)29-28-13-16-10-17(26)12-19(27)23(16)34/h3-13,34H,14H2,1-2H3,(H,29,33). The van der Waals surface area contributed by atoms with Crippen LogP contribution in [0.1, 0.15) is 5.56 Å². The highest BCUT2D eigenvalue weighted by Crippen LogP contribution is 2.34. The number of aromatic hydroxyl groups is 1. The summed E-state index contributed by atoms with van der Waals surface area (Å²) in [6.07, 6.45) is 1.37. The molecule has 2 N–H and O–H groups in total. The van der Waals surface area contributed by atoms with Gasteiger partial charge in [-0.3, -0.25) is 9.36 Å². The Balaban J connectivity index is 1.54. The SMILES string of the molecule is COc1ccc(-c2nnc(SCC(=O)NN=Cc3cc(Br)cc(Br)c3O)n2-c2ccccc2)cc1OC. The summed E-state index contributed by atoms with van der Waals surface area (Å²) < 4.78 is 13.9. The van der Waals surface area contributed by atoms with Crippen molar-refractivity contribution in [3.8, 4) is 34.3 Å². The van der Waals surface area contributed by atoms with Gasteiger partial charge >= 0.3 is 0 Å². The van der Waals surface area contributed by atoms with Crippen molar-refractivity contribution in [3.05, 3.63) is 75.2 Å². The van der Waals surface area contributed by atoms with Crippen LogP contribution in [0.4, 0.5) is 0 Å². The number of nitrogens with one attached hydrogen (secondary N) is 1. The van der Waals surface area contributed by atoms with Crippen molar-refractivity contribution in [3.63, 3.8) is 0 Å². The molecule has 4 aromatic rings. The number of aromatic nitrogens is 3. The van der Waals surface area contributed by atoms with Crippen molar-refractivity contribution in [1.82, 2.24) is 20.2 Å². The maximum absolute atomic E-state index is 12.5. The number of hydrogen-bond donors (Lipinski definition) is 2. The molecule has 0 spiro atoms.